The first-order valence-electron chi connectivity index (χ1n) is 17.6. The van der Waals surface area contributed by atoms with Crippen molar-refractivity contribution in [3.05, 3.63) is 35.9 Å². The van der Waals surface area contributed by atoms with E-state index in [0.717, 1.165) is 0 Å². The predicted octanol–water partition coefficient (Wildman–Crippen LogP) is -7.14. The zero-order valence-corrected chi connectivity index (χ0v) is 29.5. The van der Waals surface area contributed by atoms with Crippen molar-refractivity contribution in [1.29, 1.82) is 0 Å². The van der Waals surface area contributed by atoms with E-state index < -0.39 is 142 Å². The number of carbonyl (C=O) groups is 3. The maximum Gasteiger partial charge on any atom is 0.364 e. The number of benzene rings is 1. The molecule has 0 unspecified atom stereocenters. The van der Waals surface area contributed by atoms with Crippen molar-refractivity contribution >= 4 is 17.8 Å². The maximum atomic E-state index is 13.0. The number of hydrogen-bond donors (Lipinski definition) is 14. The molecule has 16 atom stereocenters. The average molecular weight is 794 g/mol. The van der Waals surface area contributed by atoms with Crippen molar-refractivity contribution < 1.29 is 94.2 Å². The molecule has 4 rings (SSSR count). The van der Waals surface area contributed by atoms with Gasteiger partial charge in [-0.15, -0.1) is 0 Å². The molecule has 15 N–H and O–H groups in total. The number of carbonyl (C=O) groups excluding carboxylic acids is 2. The lowest BCUT2D eigenvalue weighted by Crippen LogP contribution is -2.71. The molecule has 22 heteroatoms. The zero-order chi connectivity index (χ0) is 40.6. The van der Waals surface area contributed by atoms with Gasteiger partial charge in [-0.1, -0.05) is 30.3 Å². The fraction of sp³-hybridized carbons (Fsp3) is 0.727. The standard InChI is InChI=1S/C33H51N3O19/c34-8-4-7-19(42)36-30-25(47)24(46)27(18(13-39)51-30)53-31-26(48)29(23(45)17(12-38)52-31)55-33(32(49)50)10-15(40)21(28(54-33)22(44)16(41)11-37)35-20(43)9-14-5-2-1-3-6-14/h1-3,5-6,15-18,21-31,37-41,44-48H,4,7-13,34H2,(H,35,43)(H,36,42)(H,49,50)/t15-,16+,17+,18+,21+,22-,23-,24+,25+,26+,27+,28+,29-,30+,31-,33-/m0/s1. The minimum atomic E-state index is -3.08. The number of hydrogen-bond acceptors (Lipinski definition) is 19. The highest BCUT2D eigenvalue weighted by atomic mass is 16.8. The van der Waals surface area contributed by atoms with E-state index in [2.05, 4.69) is 10.6 Å². The first-order chi connectivity index (χ1) is 26.1. The Labute approximate surface area is 313 Å². The number of carboxylic acid groups (broad SMARTS) is 1. The molecule has 312 valence electrons. The van der Waals surface area contributed by atoms with Crippen molar-refractivity contribution in [3.8, 4) is 0 Å². The monoisotopic (exact) mass is 793 g/mol. The van der Waals surface area contributed by atoms with Gasteiger partial charge in [0.25, 0.3) is 5.79 Å². The zero-order valence-electron chi connectivity index (χ0n) is 29.5. The Kier molecular flexibility index (Phi) is 16.2. The minimum Gasteiger partial charge on any atom is -0.477 e. The van der Waals surface area contributed by atoms with Crippen LogP contribution in [0.25, 0.3) is 0 Å². The molecule has 1 aromatic rings. The molecule has 3 aliphatic heterocycles. The topological polar surface area (TPSA) is 370 Å². The summed E-state index contributed by atoms with van der Waals surface area (Å²) in [5.74, 6) is -6.37. The van der Waals surface area contributed by atoms with Crippen LogP contribution in [0.2, 0.25) is 0 Å². The van der Waals surface area contributed by atoms with Crippen LogP contribution in [0.15, 0.2) is 30.3 Å². The number of aliphatic carboxylic acids is 1. The Morgan fingerprint density at radius 3 is 2.15 bits per heavy atom. The van der Waals surface area contributed by atoms with Crippen molar-refractivity contribution in [2.75, 3.05) is 26.4 Å². The van der Waals surface area contributed by atoms with Crippen LogP contribution in [0.4, 0.5) is 0 Å². The third kappa shape index (κ3) is 10.5. The fourth-order valence-electron chi connectivity index (χ4n) is 6.58. The van der Waals surface area contributed by atoms with Crippen LogP contribution in [-0.2, 0) is 44.5 Å². The van der Waals surface area contributed by atoms with E-state index in [1.54, 1.807) is 30.3 Å². The number of nitrogens with one attached hydrogen (secondary N) is 2. The van der Waals surface area contributed by atoms with E-state index in [4.69, 9.17) is 29.4 Å². The van der Waals surface area contributed by atoms with Crippen LogP contribution in [0.3, 0.4) is 0 Å². The number of ether oxygens (including phenoxy) is 5. The van der Waals surface area contributed by atoms with Crippen LogP contribution >= 0.6 is 0 Å². The molecule has 0 saturated carbocycles. The summed E-state index contributed by atoms with van der Waals surface area (Å²) in [6, 6.07) is 6.71. The maximum absolute atomic E-state index is 13.0. The SMILES string of the molecule is NCCCC(=O)N[C@@H]1O[C@H](CO)[C@@H](O[C@@H]2O[C@H](CO)[C@H](O)[C@H](O[C@]3(C(=O)O)C[C@H](O)[C@@H](NC(=O)Cc4ccccc4)[C@H]([C@@H](O)[C@H](O)CO)O3)[C@H]2O)[C@H](O)[C@H]1O. The molecule has 1 aromatic carbocycles. The van der Waals surface area contributed by atoms with Gasteiger partial charge >= 0.3 is 5.97 Å². The number of aliphatic hydroxyl groups is 10. The highest BCUT2D eigenvalue weighted by molar-refractivity contribution is 5.79. The van der Waals surface area contributed by atoms with Gasteiger partial charge in [0.2, 0.25) is 11.8 Å². The first-order valence-corrected chi connectivity index (χ1v) is 17.6. The van der Waals surface area contributed by atoms with Gasteiger partial charge in [0, 0.05) is 12.8 Å². The van der Waals surface area contributed by atoms with Gasteiger partial charge in [-0.25, -0.2) is 4.79 Å². The molecule has 22 nitrogen and oxygen atoms in total. The quantitative estimate of drug-likeness (QED) is 0.0696. The molecule has 0 aromatic heterocycles. The molecule has 0 bridgehead atoms. The minimum absolute atomic E-state index is 0.0406. The van der Waals surface area contributed by atoms with E-state index in [1.807, 2.05) is 0 Å². The van der Waals surface area contributed by atoms with Gasteiger partial charge in [-0.3, -0.25) is 9.59 Å². The van der Waals surface area contributed by atoms with E-state index in [1.165, 1.54) is 0 Å². The number of nitrogens with two attached hydrogens (primary N) is 1. The summed E-state index contributed by atoms with van der Waals surface area (Å²) in [6.45, 7) is -2.75. The van der Waals surface area contributed by atoms with Gasteiger partial charge in [0.1, 0.15) is 67.1 Å². The summed E-state index contributed by atoms with van der Waals surface area (Å²) in [4.78, 5) is 38.1. The summed E-state index contributed by atoms with van der Waals surface area (Å²) >= 11 is 0. The Morgan fingerprint density at radius 1 is 0.873 bits per heavy atom. The Bertz CT molecular complexity index is 1400. The highest BCUT2D eigenvalue weighted by Crippen LogP contribution is 2.38. The fourth-order valence-corrected chi connectivity index (χ4v) is 6.58. The van der Waals surface area contributed by atoms with Crippen molar-refractivity contribution in [3.63, 3.8) is 0 Å². The summed E-state index contributed by atoms with van der Waals surface area (Å²) < 4.78 is 28.1. The molecule has 2 amide bonds. The third-order valence-corrected chi connectivity index (χ3v) is 9.57. The number of amides is 2. The number of rotatable bonds is 17. The molecule has 3 heterocycles. The van der Waals surface area contributed by atoms with Gasteiger partial charge in [0.15, 0.2) is 12.5 Å². The van der Waals surface area contributed by atoms with Gasteiger partial charge in [0.05, 0.1) is 38.4 Å². The Balaban J connectivity index is 1.58. The smallest absolute Gasteiger partial charge is 0.364 e. The predicted molar refractivity (Wildman–Crippen MR) is 179 cm³/mol. The van der Waals surface area contributed by atoms with Crippen molar-refractivity contribution in [2.45, 2.75) is 123 Å². The third-order valence-electron chi connectivity index (χ3n) is 9.57. The first kappa shape index (κ1) is 44.7. The second-order valence-corrected chi connectivity index (χ2v) is 13.5. The van der Waals surface area contributed by atoms with Crippen LogP contribution < -0.4 is 16.4 Å². The lowest BCUT2D eigenvalue weighted by Gasteiger charge is -2.50. The summed E-state index contributed by atoms with van der Waals surface area (Å²) in [5.41, 5.74) is 5.96. The van der Waals surface area contributed by atoms with E-state index >= 15 is 0 Å². The lowest BCUT2D eigenvalue weighted by atomic mass is 9.88. The molecule has 3 saturated heterocycles. The van der Waals surface area contributed by atoms with Crippen LogP contribution in [0.5, 0.6) is 0 Å². The molecule has 0 radical (unpaired) electrons. The van der Waals surface area contributed by atoms with Gasteiger partial charge in [-0.05, 0) is 18.5 Å². The lowest BCUT2D eigenvalue weighted by molar-refractivity contribution is -0.381. The summed E-state index contributed by atoms with van der Waals surface area (Å²) in [5, 5.41) is 121. The molecule has 3 fully saturated rings. The normalized spacial score (nSPS) is 37.8. The number of aliphatic hydroxyl groups excluding tert-OH is 10. The molecular formula is C33H51N3O19. The van der Waals surface area contributed by atoms with Crippen LogP contribution in [0.1, 0.15) is 24.8 Å². The average Bonchev–Trinajstić information content (AvgIpc) is 3.16. The van der Waals surface area contributed by atoms with E-state index in [0.29, 0.717) is 12.0 Å². The second-order valence-electron chi connectivity index (χ2n) is 13.5. The van der Waals surface area contributed by atoms with Crippen LogP contribution in [-0.4, -0.2) is 198 Å². The number of carboxylic acids is 1. The Morgan fingerprint density at radius 2 is 1.55 bits per heavy atom. The van der Waals surface area contributed by atoms with Crippen LogP contribution in [0, 0.1) is 0 Å². The van der Waals surface area contributed by atoms with E-state index in [-0.39, 0.29) is 19.4 Å². The van der Waals surface area contributed by atoms with Crippen molar-refractivity contribution in [2.24, 2.45) is 5.73 Å². The molecule has 0 spiro atoms. The highest BCUT2D eigenvalue weighted by Gasteiger charge is 2.60. The second kappa shape index (κ2) is 19.9. The van der Waals surface area contributed by atoms with Gasteiger partial charge in [-0.2, -0.15) is 0 Å². The molecule has 3 aliphatic rings. The molecule has 55 heavy (non-hydrogen) atoms. The van der Waals surface area contributed by atoms with E-state index in [9.17, 15) is 70.6 Å². The summed E-state index contributed by atoms with van der Waals surface area (Å²) in [7, 11) is 0. The van der Waals surface area contributed by atoms with Gasteiger partial charge < -0.3 is 96.2 Å². The Hall–Kier alpha value is -3.01. The largest absolute Gasteiger partial charge is 0.477 e. The molecule has 0 aliphatic carbocycles. The summed E-state index contributed by atoms with van der Waals surface area (Å²) in [6.07, 6.45) is -27.8. The van der Waals surface area contributed by atoms with Crippen molar-refractivity contribution in [1.82, 2.24) is 10.6 Å². The molecular weight excluding hydrogens is 742 g/mol.